The van der Waals surface area contributed by atoms with E-state index >= 15 is 0 Å². The van der Waals surface area contributed by atoms with Crippen molar-refractivity contribution in [2.75, 3.05) is 0 Å². The first-order chi connectivity index (χ1) is 4.00. The lowest BCUT2D eigenvalue weighted by Crippen LogP contribution is -1.54. The van der Waals surface area contributed by atoms with E-state index in [9.17, 15) is 0 Å². The maximum Gasteiger partial charge on any atom is 0.0787 e. The molecule has 8 heavy (non-hydrogen) atoms. The van der Waals surface area contributed by atoms with Gasteiger partial charge >= 0.3 is 0 Å². The number of rotatable bonds is 0. The third-order valence-electron chi connectivity index (χ3n) is 0.688. The lowest BCUT2D eigenvalue weighted by molar-refractivity contribution is 1.61. The van der Waals surface area contributed by atoms with Gasteiger partial charge in [0.1, 0.15) is 0 Å². The van der Waals surface area contributed by atoms with Crippen LogP contribution >= 0.6 is 0 Å². The second kappa shape index (κ2) is 2.81. The molecule has 0 spiro atoms. The van der Waals surface area contributed by atoms with Gasteiger partial charge in [-0.1, -0.05) is 12.2 Å². The average Bonchev–Trinajstić information content (AvgIpc) is 1.62. The predicted molar refractivity (Wildman–Crippen MR) is 33.8 cm³/mol. The summed E-state index contributed by atoms with van der Waals surface area (Å²) in [6, 6.07) is 0. The zero-order chi connectivity index (χ0) is 5.66. The van der Waals surface area contributed by atoms with Crippen molar-refractivity contribution in [1.82, 2.24) is 0 Å². The Hall–Kier alpha value is -1.29. The number of nitrogens with zero attached hydrogens (tertiary/aromatic N) is 1. The van der Waals surface area contributed by atoms with E-state index in [-0.39, 0.29) is 0 Å². The van der Waals surface area contributed by atoms with Crippen molar-refractivity contribution in [3.05, 3.63) is 36.2 Å². The molecular formula is C7H5N. The number of aliphatic imine (C=N–C) groups is 1. The summed E-state index contributed by atoms with van der Waals surface area (Å²) >= 11 is 0. The molecule has 1 aliphatic rings. The summed E-state index contributed by atoms with van der Waals surface area (Å²) in [7, 11) is 0. The van der Waals surface area contributed by atoms with Crippen molar-refractivity contribution in [1.29, 1.82) is 0 Å². The highest BCUT2D eigenvalue weighted by atomic mass is 14.6. The lowest BCUT2D eigenvalue weighted by atomic mass is 10.4. The molecule has 1 heteroatoms. The Morgan fingerprint density at radius 2 is 2.00 bits per heavy atom. The topological polar surface area (TPSA) is 12.4 Å². The number of allylic oxidation sites excluding steroid dienone is 4. The quantitative estimate of drug-likeness (QED) is 0.411. The van der Waals surface area contributed by atoms with E-state index < -0.39 is 0 Å². The Kier molecular flexibility index (Phi) is 1.71. The van der Waals surface area contributed by atoms with Crippen LogP contribution < -0.4 is 0 Å². The average molecular weight is 103 g/mol. The van der Waals surface area contributed by atoms with Gasteiger partial charge < -0.3 is 0 Å². The molecule has 1 rings (SSSR count). The Morgan fingerprint density at radius 3 is 3.00 bits per heavy atom. The first-order valence-electron chi connectivity index (χ1n) is 2.35. The molecule has 0 N–H and O–H groups in total. The summed E-state index contributed by atoms with van der Waals surface area (Å²) in [5.41, 5.74) is 2.80. The van der Waals surface area contributed by atoms with E-state index in [2.05, 4.69) is 16.6 Å². The Balaban J connectivity index is 2.98. The van der Waals surface area contributed by atoms with E-state index in [1.807, 2.05) is 12.2 Å². The fourth-order valence-electron chi connectivity index (χ4n) is 0.370. The van der Waals surface area contributed by atoms with Crippen LogP contribution in [-0.4, -0.2) is 5.87 Å². The van der Waals surface area contributed by atoms with Gasteiger partial charge in [-0.05, 0) is 18.0 Å². The number of hydrogen-bond acceptors (Lipinski definition) is 1. The second-order valence-electron chi connectivity index (χ2n) is 1.27. The minimum absolute atomic E-state index is 1.57. The van der Waals surface area contributed by atoms with Crippen molar-refractivity contribution in [3.63, 3.8) is 0 Å². The molecule has 0 bridgehead atoms. The molecule has 0 aromatic carbocycles. The van der Waals surface area contributed by atoms with Crippen molar-refractivity contribution < 1.29 is 0 Å². The molecule has 0 saturated carbocycles. The fraction of sp³-hybridized carbons (Fsp3) is 0. The molecule has 0 radical (unpaired) electrons. The SMILES string of the molecule is C1=CC=CC=C=NC=1. The van der Waals surface area contributed by atoms with E-state index in [0.717, 1.165) is 0 Å². The van der Waals surface area contributed by atoms with Crippen LogP contribution in [0.1, 0.15) is 0 Å². The molecule has 1 heterocycles. The second-order valence-corrected chi connectivity index (χ2v) is 1.27. The summed E-state index contributed by atoms with van der Waals surface area (Å²) in [5.74, 6) is 2.66. The minimum atomic E-state index is 1.57. The summed E-state index contributed by atoms with van der Waals surface area (Å²) < 4.78 is 0. The van der Waals surface area contributed by atoms with Gasteiger partial charge in [0.25, 0.3) is 0 Å². The zero-order valence-electron chi connectivity index (χ0n) is 4.33. The molecule has 0 unspecified atom stereocenters. The van der Waals surface area contributed by atoms with Gasteiger partial charge in [-0.25, -0.2) is 4.99 Å². The third kappa shape index (κ3) is 1.44. The number of hydrogen-bond donors (Lipinski definition) is 0. The molecule has 38 valence electrons. The van der Waals surface area contributed by atoms with Gasteiger partial charge in [-0.15, -0.1) is 5.73 Å². The van der Waals surface area contributed by atoms with Crippen LogP contribution in [-0.2, 0) is 0 Å². The molecular weight excluding hydrogens is 98.1 g/mol. The molecule has 0 aromatic heterocycles. The molecule has 1 nitrogen and oxygen atoms in total. The molecule has 0 fully saturated rings. The molecule has 0 aromatic rings. The van der Waals surface area contributed by atoms with Crippen LogP contribution in [0.15, 0.2) is 41.2 Å². The normalized spacial score (nSPS) is 14.0. The lowest BCUT2D eigenvalue weighted by Gasteiger charge is -1.69. The summed E-state index contributed by atoms with van der Waals surface area (Å²) in [5, 5.41) is 0. The smallest absolute Gasteiger partial charge is 0.0787 e. The molecule has 0 saturated heterocycles. The Bertz CT molecular complexity index is 185. The fourth-order valence-corrected chi connectivity index (χ4v) is 0.370. The van der Waals surface area contributed by atoms with Gasteiger partial charge in [0.05, 0.1) is 6.20 Å². The molecule has 0 amide bonds. The van der Waals surface area contributed by atoms with Crippen LogP contribution in [0, 0.1) is 0 Å². The van der Waals surface area contributed by atoms with Gasteiger partial charge in [0.15, 0.2) is 0 Å². The molecule has 1 aliphatic heterocycles. The van der Waals surface area contributed by atoms with Crippen molar-refractivity contribution in [3.8, 4) is 0 Å². The van der Waals surface area contributed by atoms with Crippen LogP contribution in [0.3, 0.4) is 0 Å². The van der Waals surface area contributed by atoms with Gasteiger partial charge in [0.2, 0.25) is 0 Å². The predicted octanol–water partition coefficient (Wildman–Crippen LogP) is 1.45. The van der Waals surface area contributed by atoms with Crippen molar-refractivity contribution >= 4 is 5.87 Å². The first kappa shape index (κ1) is 4.86. The van der Waals surface area contributed by atoms with Crippen LogP contribution in [0.5, 0.6) is 0 Å². The maximum atomic E-state index is 3.71. The van der Waals surface area contributed by atoms with Gasteiger partial charge in [-0.2, -0.15) is 0 Å². The highest BCUT2D eigenvalue weighted by Crippen LogP contribution is 1.78. The van der Waals surface area contributed by atoms with Crippen LogP contribution in [0.4, 0.5) is 0 Å². The summed E-state index contributed by atoms with van der Waals surface area (Å²) in [6.45, 7) is 0. The third-order valence-corrected chi connectivity index (χ3v) is 0.688. The zero-order valence-corrected chi connectivity index (χ0v) is 4.33. The van der Waals surface area contributed by atoms with Crippen LogP contribution in [0.2, 0.25) is 0 Å². The monoisotopic (exact) mass is 103 g/mol. The highest BCUT2D eigenvalue weighted by molar-refractivity contribution is 5.56. The Morgan fingerprint density at radius 1 is 1.12 bits per heavy atom. The summed E-state index contributed by atoms with van der Waals surface area (Å²) in [4.78, 5) is 3.71. The van der Waals surface area contributed by atoms with Gasteiger partial charge in [0, 0.05) is 0 Å². The first-order valence-corrected chi connectivity index (χ1v) is 2.35. The van der Waals surface area contributed by atoms with E-state index in [1.165, 1.54) is 0 Å². The van der Waals surface area contributed by atoms with Crippen LogP contribution in [0.25, 0.3) is 0 Å². The van der Waals surface area contributed by atoms with Crippen molar-refractivity contribution in [2.24, 2.45) is 4.99 Å². The standard InChI is InChI=1S/C7H5N/c1-2-4-6-8-7-5-3-1/h1-4,7H. The van der Waals surface area contributed by atoms with Crippen molar-refractivity contribution in [2.45, 2.75) is 0 Å². The van der Waals surface area contributed by atoms with Gasteiger partial charge in [-0.3, -0.25) is 0 Å². The highest BCUT2D eigenvalue weighted by Gasteiger charge is 1.61. The molecule has 0 atom stereocenters. The minimum Gasteiger partial charge on any atom is -0.206 e. The van der Waals surface area contributed by atoms with E-state index in [0.29, 0.717) is 0 Å². The molecule has 0 aliphatic carbocycles. The maximum absolute atomic E-state index is 3.71. The Labute approximate surface area is 48.1 Å². The largest absolute Gasteiger partial charge is 0.206 e. The van der Waals surface area contributed by atoms with E-state index in [4.69, 9.17) is 0 Å². The summed E-state index contributed by atoms with van der Waals surface area (Å²) in [6.07, 6.45) is 8.83. The van der Waals surface area contributed by atoms with E-state index in [1.54, 1.807) is 18.4 Å².